The molecule has 5 saturated heterocycles. The monoisotopic (exact) mass is 828 g/mol. The molecule has 5 aliphatic rings. The quantitative estimate of drug-likeness (QED) is 0.0819. The van der Waals surface area contributed by atoms with Gasteiger partial charge in [-0.15, -0.1) is 0 Å². The van der Waals surface area contributed by atoms with Gasteiger partial charge in [0.25, 0.3) is 0 Å². The van der Waals surface area contributed by atoms with Crippen molar-refractivity contribution in [1.29, 1.82) is 0 Å². The van der Waals surface area contributed by atoms with Crippen molar-refractivity contribution in [1.82, 2.24) is 0 Å². The van der Waals surface area contributed by atoms with Crippen LogP contribution in [0.2, 0.25) is 0 Å². The van der Waals surface area contributed by atoms with Crippen molar-refractivity contribution in [3.05, 3.63) is 0 Å². The zero-order chi connectivity index (χ0) is 41.3. The van der Waals surface area contributed by atoms with Crippen LogP contribution in [0.3, 0.4) is 0 Å². The fourth-order valence-electron chi connectivity index (χ4n) is 6.71. The Bertz CT molecular complexity index is 1200. The van der Waals surface area contributed by atoms with E-state index in [0.717, 1.165) is 0 Å². The molecule has 0 unspecified atom stereocenters. The number of hydrogen-bond donors (Lipinski definition) is 17. The number of ether oxygens (including phenoxy) is 9. The lowest BCUT2D eigenvalue weighted by atomic mass is 9.96. The van der Waals surface area contributed by atoms with Gasteiger partial charge in [0.05, 0.1) is 33.0 Å². The van der Waals surface area contributed by atoms with Gasteiger partial charge in [-0.1, -0.05) is 0 Å². The largest absolute Gasteiger partial charge is 0.394 e. The second-order valence-corrected chi connectivity index (χ2v) is 14.1. The lowest BCUT2D eigenvalue weighted by Gasteiger charge is -2.47. The third-order valence-corrected chi connectivity index (χ3v) is 10.3. The van der Waals surface area contributed by atoms with Crippen LogP contribution in [-0.2, 0) is 42.6 Å². The molecule has 26 heteroatoms. The predicted octanol–water partition coefficient (Wildman–Crippen LogP) is -11.9. The van der Waals surface area contributed by atoms with Crippen LogP contribution in [0, 0.1) is 0 Å². The topological polar surface area (TPSA) is 427 Å². The molecule has 5 rings (SSSR count). The first kappa shape index (κ1) is 46.0. The summed E-state index contributed by atoms with van der Waals surface area (Å²) in [5.74, 6) is 0. The SMILES string of the molecule is OC[C@H]1O[C@@H](OC[C@H]2O[C@@H](OC[C@H]3O[C@@H](OC[C@H]4O[C@@H](O)[C@H](O)[C@@H](O)[C@@H]4O)[C@H](O)[C@@H](O)[C@@H]3O)[C@H](O)[C@@H](O[C@@H]3O[C@H](CO)[C@@H](O)[C@H](O)[C@H]3O)[C@@H]2O)[C@H](O)[C@@H](O)[C@@H]1O. The van der Waals surface area contributed by atoms with Crippen LogP contribution in [-0.4, -0.2) is 273 Å². The Kier molecular flexibility index (Phi) is 16.1. The van der Waals surface area contributed by atoms with Gasteiger partial charge < -0.3 is 129 Å². The molecule has 5 aliphatic heterocycles. The first-order valence-corrected chi connectivity index (χ1v) is 17.6. The van der Waals surface area contributed by atoms with E-state index in [1.807, 2.05) is 0 Å². The Labute approximate surface area is 316 Å². The minimum absolute atomic E-state index is 0.699. The Morgan fingerprint density at radius 1 is 0.304 bits per heavy atom. The summed E-state index contributed by atoms with van der Waals surface area (Å²) in [5, 5.41) is 175. The maximum absolute atomic E-state index is 11.3. The van der Waals surface area contributed by atoms with E-state index in [-0.39, 0.29) is 0 Å². The summed E-state index contributed by atoms with van der Waals surface area (Å²) in [6.45, 7) is -3.94. The van der Waals surface area contributed by atoms with E-state index in [9.17, 15) is 86.8 Å². The lowest BCUT2D eigenvalue weighted by Crippen LogP contribution is -2.65. The number of rotatable bonds is 13. The van der Waals surface area contributed by atoms with Crippen molar-refractivity contribution in [3.8, 4) is 0 Å². The molecule has 0 radical (unpaired) electrons. The predicted molar refractivity (Wildman–Crippen MR) is 167 cm³/mol. The summed E-state index contributed by atoms with van der Waals surface area (Å²) < 4.78 is 49.0. The van der Waals surface area contributed by atoms with Crippen molar-refractivity contribution >= 4 is 0 Å². The van der Waals surface area contributed by atoms with Gasteiger partial charge in [-0.3, -0.25) is 0 Å². The number of aliphatic hydroxyl groups is 17. The second kappa shape index (κ2) is 19.6. The van der Waals surface area contributed by atoms with Gasteiger partial charge in [0, 0.05) is 0 Å². The molecule has 0 spiro atoms. The second-order valence-electron chi connectivity index (χ2n) is 14.1. The maximum Gasteiger partial charge on any atom is 0.187 e. The van der Waals surface area contributed by atoms with E-state index in [2.05, 4.69) is 0 Å². The Balaban J connectivity index is 1.29. The first-order chi connectivity index (χ1) is 26.4. The van der Waals surface area contributed by atoms with Crippen molar-refractivity contribution in [2.75, 3.05) is 33.0 Å². The van der Waals surface area contributed by atoms with Crippen LogP contribution >= 0.6 is 0 Å². The fourth-order valence-corrected chi connectivity index (χ4v) is 6.71. The average Bonchev–Trinajstić information content (AvgIpc) is 3.18. The summed E-state index contributed by atoms with van der Waals surface area (Å²) in [7, 11) is 0. The number of hydrogen-bond acceptors (Lipinski definition) is 26. The third-order valence-electron chi connectivity index (χ3n) is 10.3. The maximum atomic E-state index is 11.3. The van der Waals surface area contributed by atoms with E-state index in [4.69, 9.17) is 42.6 Å². The third kappa shape index (κ3) is 9.61. The minimum Gasteiger partial charge on any atom is -0.394 e. The lowest BCUT2D eigenvalue weighted by molar-refractivity contribution is -0.371. The molecule has 0 saturated carbocycles. The summed E-state index contributed by atoms with van der Waals surface area (Å²) >= 11 is 0. The Morgan fingerprint density at radius 3 is 1.07 bits per heavy atom. The summed E-state index contributed by atoms with van der Waals surface area (Å²) in [6, 6.07) is 0. The highest BCUT2D eigenvalue weighted by Gasteiger charge is 2.53. The number of aliphatic hydroxyl groups excluding tert-OH is 17. The minimum atomic E-state index is -2.05. The highest BCUT2D eigenvalue weighted by Crippen LogP contribution is 2.32. The first-order valence-electron chi connectivity index (χ1n) is 17.6. The molecule has 0 aromatic carbocycles. The van der Waals surface area contributed by atoms with Gasteiger partial charge in [0.2, 0.25) is 0 Å². The van der Waals surface area contributed by atoms with Gasteiger partial charge in [-0.2, -0.15) is 0 Å². The molecule has 25 atom stereocenters. The van der Waals surface area contributed by atoms with Crippen LogP contribution in [0.4, 0.5) is 0 Å². The van der Waals surface area contributed by atoms with Crippen LogP contribution in [0.1, 0.15) is 0 Å². The van der Waals surface area contributed by atoms with Gasteiger partial charge >= 0.3 is 0 Å². The van der Waals surface area contributed by atoms with Crippen molar-refractivity contribution in [2.45, 2.75) is 154 Å². The Hall–Kier alpha value is -1.04. The van der Waals surface area contributed by atoms with Crippen LogP contribution in [0.5, 0.6) is 0 Å². The van der Waals surface area contributed by atoms with Crippen LogP contribution in [0.25, 0.3) is 0 Å². The molecule has 0 aromatic rings. The molecule has 26 nitrogen and oxygen atoms in total. The molecule has 0 bridgehead atoms. The van der Waals surface area contributed by atoms with Crippen molar-refractivity contribution < 1.29 is 129 Å². The highest BCUT2D eigenvalue weighted by molar-refractivity contribution is 4.96. The van der Waals surface area contributed by atoms with E-state index < -0.39 is 187 Å². The molecular weight excluding hydrogens is 776 g/mol. The molecule has 0 amide bonds. The van der Waals surface area contributed by atoms with E-state index in [0.29, 0.717) is 0 Å². The van der Waals surface area contributed by atoms with Crippen LogP contribution < -0.4 is 0 Å². The van der Waals surface area contributed by atoms with Gasteiger partial charge in [-0.05, 0) is 0 Å². The molecule has 17 N–H and O–H groups in total. The summed E-state index contributed by atoms with van der Waals surface area (Å²) in [6.07, 6.45) is -45.3. The van der Waals surface area contributed by atoms with Crippen molar-refractivity contribution in [3.63, 3.8) is 0 Å². The standard InChI is InChI=1S/C30H52O26/c31-1-6-11(33)17(39)21(43)27(52-6)49-5-10-15(37)25(56-30-23(45)18(40)12(34)7(2-32)53-30)24(46)29(55-10)50-4-9-14(36)19(41)22(44)28(54-9)48-3-8-13(35)16(38)20(42)26(47)51-8/h6-47H,1-5H2/t6-,7-,8-,9-,10-,11-,12-,13-,14-,15-,16+,17+,18+,19+,20-,21-,22-,23-,24-,25+,26-,27-,28-,29-,30+/m1/s1. The van der Waals surface area contributed by atoms with Crippen molar-refractivity contribution in [2.24, 2.45) is 0 Å². The van der Waals surface area contributed by atoms with E-state index >= 15 is 0 Å². The summed E-state index contributed by atoms with van der Waals surface area (Å²) in [4.78, 5) is 0. The summed E-state index contributed by atoms with van der Waals surface area (Å²) in [5.41, 5.74) is 0. The molecule has 5 heterocycles. The normalized spacial score (nSPS) is 53.2. The molecular formula is C30H52O26. The van der Waals surface area contributed by atoms with E-state index in [1.54, 1.807) is 0 Å². The van der Waals surface area contributed by atoms with Crippen LogP contribution in [0.15, 0.2) is 0 Å². The smallest absolute Gasteiger partial charge is 0.187 e. The molecule has 56 heavy (non-hydrogen) atoms. The molecule has 5 fully saturated rings. The van der Waals surface area contributed by atoms with Gasteiger partial charge in [0.1, 0.15) is 122 Å². The average molecular weight is 829 g/mol. The molecule has 328 valence electrons. The zero-order valence-corrected chi connectivity index (χ0v) is 29.2. The fraction of sp³-hybridized carbons (Fsp3) is 1.00. The molecule has 0 aliphatic carbocycles. The van der Waals surface area contributed by atoms with E-state index in [1.165, 1.54) is 0 Å². The Morgan fingerprint density at radius 2 is 0.625 bits per heavy atom. The van der Waals surface area contributed by atoms with Gasteiger partial charge in [-0.25, -0.2) is 0 Å². The highest BCUT2D eigenvalue weighted by atomic mass is 16.8. The zero-order valence-electron chi connectivity index (χ0n) is 29.2. The van der Waals surface area contributed by atoms with Gasteiger partial charge in [0.15, 0.2) is 31.5 Å². The molecule has 0 aromatic heterocycles.